The average Bonchev–Trinajstić information content (AvgIpc) is 2.60. The van der Waals surface area contributed by atoms with E-state index in [1.54, 1.807) is 0 Å². The largest absolute Gasteiger partial charge is 0.339 e. The zero-order valence-corrected chi connectivity index (χ0v) is 12.5. The smallest absolute Gasteiger partial charge is 0.222 e. The average molecular weight is 239 g/mol. The molecule has 1 aliphatic heterocycles. The molecule has 1 heterocycles. The summed E-state index contributed by atoms with van der Waals surface area (Å²) in [5.74, 6) is 0.359. The van der Waals surface area contributed by atoms with Gasteiger partial charge in [-0.05, 0) is 30.1 Å². The molecule has 0 radical (unpaired) electrons. The fraction of sp³-hybridized carbons (Fsp3) is 0.933. The molecule has 1 unspecified atom stereocenters. The zero-order valence-electron chi connectivity index (χ0n) is 12.5. The number of rotatable bonds is 2. The Kier molecular flexibility index (Phi) is 4.27. The van der Waals surface area contributed by atoms with Gasteiger partial charge in [-0.15, -0.1) is 0 Å². The van der Waals surface area contributed by atoms with Crippen LogP contribution in [0.4, 0.5) is 0 Å². The predicted octanol–water partition coefficient (Wildman–Crippen LogP) is 3.85. The maximum atomic E-state index is 12.3. The molecule has 1 saturated heterocycles. The second-order valence-corrected chi connectivity index (χ2v) is 7.67. The van der Waals surface area contributed by atoms with Gasteiger partial charge in [0.05, 0.1) is 0 Å². The molecule has 1 amide bonds. The molecule has 17 heavy (non-hydrogen) atoms. The van der Waals surface area contributed by atoms with Crippen molar-refractivity contribution in [2.24, 2.45) is 10.8 Å². The maximum Gasteiger partial charge on any atom is 0.222 e. The summed E-state index contributed by atoms with van der Waals surface area (Å²) in [7, 11) is 0. The number of hydrogen-bond donors (Lipinski definition) is 0. The van der Waals surface area contributed by atoms with Gasteiger partial charge in [-0.2, -0.15) is 0 Å². The molecule has 2 heteroatoms. The highest BCUT2D eigenvalue weighted by Crippen LogP contribution is 2.33. The molecule has 0 saturated carbocycles. The number of hydrogen-bond acceptors (Lipinski definition) is 1. The Balaban J connectivity index is 2.57. The van der Waals surface area contributed by atoms with Crippen molar-refractivity contribution >= 4 is 5.91 Å². The topological polar surface area (TPSA) is 20.3 Å². The molecule has 0 N–H and O–H groups in total. The second kappa shape index (κ2) is 4.99. The molecule has 2 nitrogen and oxygen atoms in total. The van der Waals surface area contributed by atoms with Crippen LogP contribution in [0.25, 0.3) is 0 Å². The van der Waals surface area contributed by atoms with Crippen LogP contribution >= 0.6 is 0 Å². The Morgan fingerprint density at radius 2 is 1.76 bits per heavy atom. The highest BCUT2D eigenvalue weighted by atomic mass is 16.2. The van der Waals surface area contributed by atoms with Gasteiger partial charge < -0.3 is 4.90 Å². The Morgan fingerprint density at radius 3 is 2.24 bits per heavy atom. The molecular formula is C15H29NO. The molecule has 0 aromatic carbocycles. The molecular weight excluding hydrogens is 210 g/mol. The number of likely N-dealkylation sites (tertiary alicyclic amines) is 1. The highest BCUT2D eigenvalue weighted by Gasteiger charge is 2.36. The van der Waals surface area contributed by atoms with Crippen molar-refractivity contribution in [3.05, 3.63) is 0 Å². The van der Waals surface area contributed by atoms with Crippen LogP contribution in [0.5, 0.6) is 0 Å². The van der Waals surface area contributed by atoms with Crippen molar-refractivity contribution in [1.82, 2.24) is 4.90 Å². The monoisotopic (exact) mass is 239 g/mol. The minimum atomic E-state index is 0.216. The summed E-state index contributed by atoms with van der Waals surface area (Å²) < 4.78 is 0. The van der Waals surface area contributed by atoms with E-state index < -0.39 is 0 Å². The van der Waals surface area contributed by atoms with E-state index in [-0.39, 0.29) is 10.8 Å². The lowest BCUT2D eigenvalue weighted by Gasteiger charge is -2.35. The van der Waals surface area contributed by atoms with Crippen molar-refractivity contribution in [2.45, 2.75) is 73.3 Å². The van der Waals surface area contributed by atoms with Crippen LogP contribution in [-0.4, -0.2) is 23.4 Å². The lowest BCUT2D eigenvalue weighted by molar-refractivity contribution is -0.134. The minimum absolute atomic E-state index is 0.216. The summed E-state index contributed by atoms with van der Waals surface area (Å²) in [4.78, 5) is 14.4. The van der Waals surface area contributed by atoms with Gasteiger partial charge in [-0.1, -0.05) is 41.5 Å². The van der Waals surface area contributed by atoms with Crippen LogP contribution < -0.4 is 0 Å². The summed E-state index contributed by atoms with van der Waals surface area (Å²) >= 11 is 0. The third-order valence-electron chi connectivity index (χ3n) is 3.66. The minimum Gasteiger partial charge on any atom is -0.339 e. The Labute approximate surface area is 107 Å². The summed E-state index contributed by atoms with van der Waals surface area (Å²) in [6.45, 7) is 14.3. The van der Waals surface area contributed by atoms with Gasteiger partial charge >= 0.3 is 0 Å². The summed E-state index contributed by atoms with van der Waals surface area (Å²) in [6, 6.07) is 0.440. The number of carbonyl (C=O) groups excluding carboxylic acids is 1. The second-order valence-electron chi connectivity index (χ2n) is 7.67. The van der Waals surface area contributed by atoms with Gasteiger partial charge in [0, 0.05) is 19.0 Å². The van der Waals surface area contributed by atoms with Crippen LogP contribution in [-0.2, 0) is 4.79 Å². The van der Waals surface area contributed by atoms with Crippen molar-refractivity contribution in [1.29, 1.82) is 0 Å². The van der Waals surface area contributed by atoms with Gasteiger partial charge in [-0.25, -0.2) is 0 Å². The molecule has 1 rings (SSSR count). The van der Waals surface area contributed by atoms with E-state index in [0.29, 0.717) is 18.4 Å². The lowest BCUT2D eigenvalue weighted by Crippen LogP contribution is -2.43. The molecule has 0 aliphatic carbocycles. The van der Waals surface area contributed by atoms with Crippen LogP contribution in [0.2, 0.25) is 0 Å². The molecule has 1 fully saturated rings. The zero-order chi connectivity index (χ0) is 13.3. The molecule has 0 aromatic heterocycles. The Morgan fingerprint density at radius 1 is 1.18 bits per heavy atom. The lowest BCUT2D eigenvalue weighted by atomic mass is 9.84. The number of amides is 1. The normalized spacial score (nSPS) is 22.0. The van der Waals surface area contributed by atoms with Crippen molar-refractivity contribution in [3.8, 4) is 0 Å². The van der Waals surface area contributed by atoms with E-state index >= 15 is 0 Å². The quantitative estimate of drug-likeness (QED) is 0.716. The standard InChI is InChI=1S/C15H29NO/c1-14(2,3)10-9-13(17)16-11-7-8-12(16)15(4,5)6/h12H,7-11H2,1-6H3. The highest BCUT2D eigenvalue weighted by molar-refractivity contribution is 5.77. The van der Waals surface area contributed by atoms with Gasteiger partial charge in [-0.3, -0.25) is 4.79 Å². The first kappa shape index (κ1) is 14.5. The van der Waals surface area contributed by atoms with Crippen molar-refractivity contribution in [2.75, 3.05) is 6.54 Å². The first-order valence-corrected chi connectivity index (χ1v) is 6.91. The van der Waals surface area contributed by atoms with E-state index in [4.69, 9.17) is 0 Å². The molecule has 0 bridgehead atoms. The van der Waals surface area contributed by atoms with Gasteiger partial charge in [0.25, 0.3) is 0 Å². The van der Waals surface area contributed by atoms with E-state index in [2.05, 4.69) is 46.4 Å². The maximum absolute atomic E-state index is 12.3. The van der Waals surface area contributed by atoms with Crippen LogP contribution in [0.15, 0.2) is 0 Å². The van der Waals surface area contributed by atoms with E-state index in [1.807, 2.05) is 0 Å². The van der Waals surface area contributed by atoms with Crippen LogP contribution in [0.1, 0.15) is 67.2 Å². The Bertz CT molecular complexity index is 270. The first-order valence-electron chi connectivity index (χ1n) is 6.91. The molecule has 1 aliphatic rings. The van der Waals surface area contributed by atoms with E-state index in [1.165, 1.54) is 12.8 Å². The van der Waals surface area contributed by atoms with Crippen molar-refractivity contribution < 1.29 is 4.79 Å². The fourth-order valence-corrected chi connectivity index (χ4v) is 2.59. The number of nitrogens with zero attached hydrogens (tertiary/aromatic N) is 1. The van der Waals surface area contributed by atoms with E-state index in [9.17, 15) is 4.79 Å². The Hall–Kier alpha value is -0.530. The summed E-state index contributed by atoms with van der Waals surface area (Å²) in [5, 5.41) is 0. The summed E-state index contributed by atoms with van der Waals surface area (Å²) in [6.07, 6.45) is 4.03. The molecule has 0 aromatic rings. The first-order chi connectivity index (χ1) is 7.61. The SMILES string of the molecule is CC(C)(C)CCC(=O)N1CCCC1C(C)(C)C. The third kappa shape index (κ3) is 4.33. The third-order valence-corrected chi connectivity index (χ3v) is 3.66. The van der Waals surface area contributed by atoms with Gasteiger partial charge in [0.15, 0.2) is 0 Å². The molecule has 1 atom stereocenters. The molecule has 100 valence electrons. The van der Waals surface area contributed by atoms with Crippen molar-refractivity contribution in [3.63, 3.8) is 0 Å². The van der Waals surface area contributed by atoms with Crippen LogP contribution in [0, 0.1) is 10.8 Å². The fourth-order valence-electron chi connectivity index (χ4n) is 2.59. The van der Waals surface area contributed by atoms with Gasteiger partial charge in [0.1, 0.15) is 0 Å². The van der Waals surface area contributed by atoms with Gasteiger partial charge in [0.2, 0.25) is 5.91 Å². The number of carbonyl (C=O) groups is 1. The van der Waals surface area contributed by atoms with Crippen LogP contribution in [0.3, 0.4) is 0 Å². The van der Waals surface area contributed by atoms with E-state index in [0.717, 1.165) is 13.0 Å². The molecule has 0 spiro atoms. The summed E-state index contributed by atoms with van der Waals surface area (Å²) in [5.41, 5.74) is 0.473. The predicted molar refractivity (Wildman–Crippen MR) is 72.9 cm³/mol.